The van der Waals surface area contributed by atoms with Gasteiger partial charge in [0, 0.05) is 0 Å². The Labute approximate surface area is 154 Å². The predicted octanol–water partition coefficient (Wildman–Crippen LogP) is 8.64. The van der Waals surface area contributed by atoms with Crippen LogP contribution in [0.3, 0.4) is 0 Å². The van der Waals surface area contributed by atoms with E-state index in [9.17, 15) is 0 Å². The second-order valence-electron chi connectivity index (χ2n) is 8.92. The molecule has 1 fully saturated rings. The van der Waals surface area contributed by atoms with Crippen molar-refractivity contribution in [2.24, 2.45) is 29.1 Å². The summed E-state index contributed by atoms with van der Waals surface area (Å²) in [6.07, 6.45) is 18.8. The second-order valence-corrected chi connectivity index (χ2v) is 8.92. The van der Waals surface area contributed by atoms with Crippen molar-refractivity contribution in [3.05, 3.63) is 0 Å². The highest BCUT2D eigenvalue weighted by Gasteiger charge is 2.50. The molecule has 24 heavy (non-hydrogen) atoms. The Morgan fingerprint density at radius 2 is 1.42 bits per heavy atom. The van der Waals surface area contributed by atoms with Crippen molar-refractivity contribution in [2.45, 2.75) is 125 Å². The van der Waals surface area contributed by atoms with Crippen molar-refractivity contribution < 1.29 is 0 Å². The Hall–Kier alpha value is 0. The van der Waals surface area contributed by atoms with Crippen LogP contribution in [0.1, 0.15) is 125 Å². The number of hydrogen-bond acceptors (Lipinski definition) is 0. The van der Waals surface area contributed by atoms with Crippen LogP contribution in [0.5, 0.6) is 0 Å². The molecule has 0 radical (unpaired) electrons. The van der Waals surface area contributed by atoms with Crippen molar-refractivity contribution in [2.75, 3.05) is 0 Å². The maximum atomic E-state index is 2.58. The monoisotopic (exact) mass is 336 g/mol. The Morgan fingerprint density at radius 3 is 1.96 bits per heavy atom. The third kappa shape index (κ3) is 5.25. The summed E-state index contributed by atoms with van der Waals surface area (Å²) in [5.74, 6) is 3.93. The molecule has 0 bridgehead atoms. The normalized spacial score (nSPS) is 33.8. The van der Waals surface area contributed by atoms with Crippen LogP contribution >= 0.6 is 0 Å². The molecule has 0 saturated heterocycles. The summed E-state index contributed by atoms with van der Waals surface area (Å²) in [5.41, 5.74) is 0.659. The van der Waals surface area contributed by atoms with E-state index in [1.54, 1.807) is 0 Å². The van der Waals surface area contributed by atoms with Gasteiger partial charge in [0.25, 0.3) is 0 Å². The average Bonchev–Trinajstić information content (AvgIpc) is 2.59. The molecule has 5 atom stereocenters. The lowest BCUT2D eigenvalue weighted by Gasteiger charge is -2.56. The first-order valence-electron chi connectivity index (χ1n) is 11.6. The zero-order chi connectivity index (χ0) is 18.0. The van der Waals surface area contributed by atoms with Crippen LogP contribution in [-0.4, -0.2) is 0 Å². The molecule has 1 aliphatic rings. The molecule has 144 valence electrons. The zero-order valence-electron chi connectivity index (χ0n) is 18.0. The molecule has 0 aromatic heterocycles. The van der Waals surface area contributed by atoms with E-state index in [2.05, 4.69) is 41.5 Å². The fraction of sp³-hybridized carbons (Fsp3) is 1.00. The van der Waals surface area contributed by atoms with Gasteiger partial charge < -0.3 is 0 Å². The Morgan fingerprint density at radius 1 is 0.792 bits per heavy atom. The van der Waals surface area contributed by atoms with E-state index in [0.29, 0.717) is 5.41 Å². The molecule has 1 saturated carbocycles. The highest BCUT2D eigenvalue weighted by molar-refractivity contribution is 4.99. The van der Waals surface area contributed by atoms with Crippen molar-refractivity contribution >= 4 is 0 Å². The van der Waals surface area contributed by atoms with Gasteiger partial charge >= 0.3 is 0 Å². The Bertz CT molecular complexity index is 307. The average molecular weight is 337 g/mol. The van der Waals surface area contributed by atoms with Gasteiger partial charge in [-0.15, -0.1) is 0 Å². The van der Waals surface area contributed by atoms with Gasteiger partial charge in [-0.3, -0.25) is 0 Å². The summed E-state index contributed by atoms with van der Waals surface area (Å²) in [7, 11) is 0. The van der Waals surface area contributed by atoms with Crippen LogP contribution in [0.4, 0.5) is 0 Å². The zero-order valence-corrected chi connectivity index (χ0v) is 18.0. The van der Waals surface area contributed by atoms with E-state index < -0.39 is 0 Å². The standard InChI is InChI=1S/C24H48/c1-7-12-15-18-24(11-5)21(16-13-8-2)19-20(6)22(10-4)23(24)17-14-9-3/h20-23H,7-19H2,1-6H3. The van der Waals surface area contributed by atoms with Crippen LogP contribution in [0.25, 0.3) is 0 Å². The molecule has 1 rings (SSSR count). The fourth-order valence-corrected chi connectivity index (χ4v) is 6.27. The van der Waals surface area contributed by atoms with E-state index in [1.165, 1.54) is 83.5 Å². The van der Waals surface area contributed by atoms with Crippen molar-refractivity contribution in [3.63, 3.8) is 0 Å². The lowest BCUT2D eigenvalue weighted by Crippen LogP contribution is -2.48. The summed E-state index contributed by atoms with van der Waals surface area (Å²) in [4.78, 5) is 0. The minimum atomic E-state index is 0.659. The molecule has 5 unspecified atom stereocenters. The molecule has 0 nitrogen and oxygen atoms in total. The summed E-state index contributed by atoms with van der Waals surface area (Å²) in [6.45, 7) is 14.7. The third-order valence-corrected chi connectivity index (χ3v) is 7.61. The Kier molecular flexibility index (Phi) is 10.6. The molecule has 0 aromatic carbocycles. The lowest BCUT2D eigenvalue weighted by atomic mass is 9.49. The van der Waals surface area contributed by atoms with Gasteiger partial charge in [0.15, 0.2) is 0 Å². The highest BCUT2D eigenvalue weighted by Crippen LogP contribution is 2.59. The minimum Gasteiger partial charge on any atom is -0.0654 e. The SMILES string of the molecule is CCCCCC1(CC)C(CCCC)CC(C)C(CC)C1CCCC. The van der Waals surface area contributed by atoms with E-state index >= 15 is 0 Å². The van der Waals surface area contributed by atoms with Gasteiger partial charge in [0.05, 0.1) is 0 Å². The van der Waals surface area contributed by atoms with Crippen molar-refractivity contribution in [1.29, 1.82) is 0 Å². The quantitative estimate of drug-likeness (QED) is 0.313. The van der Waals surface area contributed by atoms with E-state index in [0.717, 1.165) is 23.7 Å². The van der Waals surface area contributed by atoms with Crippen molar-refractivity contribution in [3.8, 4) is 0 Å². The summed E-state index contributed by atoms with van der Waals surface area (Å²) in [6, 6.07) is 0. The molecular weight excluding hydrogens is 288 g/mol. The molecule has 1 aliphatic carbocycles. The van der Waals surface area contributed by atoms with Gasteiger partial charge in [0.2, 0.25) is 0 Å². The minimum absolute atomic E-state index is 0.659. The summed E-state index contributed by atoms with van der Waals surface area (Å²) < 4.78 is 0. The fourth-order valence-electron chi connectivity index (χ4n) is 6.27. The first-order chi connectivity index (χ1) is 11.6. The van der Waals surface area contributed by atoms with E-state index in [1.807, 2.05) is 0 Å². The number of rotatable bonds is 12. The summed E-state index contributed by atoms with van der Waals surface area (Å²) >= 11 is 0. The topological polar surface area (TPSA) is 0 Å². The largest absolute Gasteiger partial charge is 0.0654 e. The maximum Gasteiger partial charge on any atom is -0.0241 e. The molecule has 0 aromatic rings. The molecule has 0 amide bonds. The van der Waals surface area contributed by atoms with Crippen LogP contribution in [0.2, 0.25) is 0 Å². The highest BCUT2D eigenvalue weighted by atomic mass is 14.5. The molecule has 0 N–H and O–H groups in total. The van der Waals surface area contributed by atoms with Gasteiger partial charge in [-0.25, -0.2) is 0 Å². The number of unbranched alkanes of at least 4 members (excludes halogenated alkanes) is 4. The third-order valence-electron chi connectivity index (χ3n) is 7.61. The first kappa shape index (κ1) is 22.0. The van der Waals surface area contributed by atoms with Crippen LogP contribution < -0.4 is 0 Å². The van der Waals surface area contributed by atoms with Crippen molar-refractivity contribution in [1.82, 2.24) is 0 Å². The van der Waals surface area contributed by atoms with E-state index in [4.69, 9.17) is 0 Å². The molecule has 0 spiro atoms. The van der Waals surface area contributed by atoms with Gasteiger partial charge in [-0.2, -0.15) is 0 Å². The van der Waals surface area contributed by atoms with Crippen LogP contribution in [0, 0.1) is 29.1 Å². The second kappa shape index (κ2) is 11.6. The lowest BCUT2D eigenvalue weighted by molar-refractivity contribution is -0.0694. The molecule has 0 heteroatoms. The smallest absolute Gasteiger partial charge is 0.0241 e. The van der Waals surface area contributed by atoms with Crippen LogP contribution in [0.15, 0.2) is 0 Å². The number of hydrogen-bond donors (Lipinski definition) is 0. The predicted molar refractivity (Wildman–Crippen MR) is 110 cm³/mol. The van der Waals surface area contributed by atoms with E-state index in [-0.39, 0.29) is 0 Å². The van der Waals surface area contributed by atoms with Gasteiger partial charge in [0.1, 0.15) is 0 Å². The maximum absolute atomic E-state index is 2.58. The molecular formula is C24H48. The molecule has 0 heterocycles. The summed E-state index contributed by atoms with van der Waals surface area (Å²) in [5, 5.41) is 0. The molecule has 0 aliphatic heterocycles. The van der Waals surface area contributed by atoms with Gasteiger partial charge in [-0.1, -0.05) is 92.9 Å². The Balaban J connectivity index is 3.11. The van der Waals surface area contributed by atoms with Gasteiger partial charge in [-0.05, 0) is 61.2 Å². The van der Waals surface area contributed by atoms with Crippen LogP contribution in [-0.2, 0) is 0 Å². The first-order valence-corrected chi connectivity index (χ1v) is 11.6.